The first kappa shape index (κ1) is 16.0. The molecule has 0 aliphatic heterocycles. The maximum Gasteiger partial charge on any atom is 0.261 e. The molecule has 0 spiro atoms. The minimum Gasteiger partial charge on any atom is -0.396 e. The van der Waals surface area contributed by atoms with Gasteiger partial charge in [-0.05, 0) is 43.7 Å². The van der Waals surface area contributed by atoms with Crippen LogP contribution in [0.5, 0.6) is 0 Å². The van der Waals surface area contributed by atoms with E-state index < -0.39 is 0 Å². The van der Waals surface area contributed by atoms with Crippen LogP contribution >= 0.6 is 22.9 Å². The largest absolute Gasteiger partial charge is 0.396 e. The normalized spacial score (nSPS) is 11.1. The van der Waals surface area contributed by atoms with Crippen LogP contribution in [0.15, 0.2) is 30.3 Å². The van der Waals surface area contributed by atoms with Gasteiger partial charge >= 0.3 is 0 Å². The van der Waals surface area contributed by atoms with Gasteiger partial charge in [0.2, 0.25) is 0 Å². The number of carbonyl (C=O) groups excluding carboxylic acids is 1. The average molecular weight is 350 g/mol. The number of fused-ring (bicyclic) bond motifs is 1. The summed E-state index contributed by atoms with van der Waals surface area (Å²) in [5.74, 6) is -0.123. The molecule has 0 fully saturated rings. The molecule has 2 aromatic heterocycles. The van der Waals surface area contributed by atoms with Gasteiger partial charge in [-0.1, -0.05) is 11.6 Å². The van der Waals surface area contributed by atoms with Gasteiger partial charge in [-0.25, -0.2) is 4.68 Å². The van der Waals surface area contributed by atoms with E-state index in [1.54, 1.807) is 0 Å². The first-order chi connectivity index (χ1) is 11.1. The number of nitrogens with one attached hydrogen (secondary N) is 1. The second-order valence-electron chi connectivity index (χ2n) is 5.14. The topological polar surface area (TPSA) is 67.2 Å². The summed E-state index contributed by atoms with van der Waals surface area (Å²) in [6, 6.07) is 9.29. The van der Waals surface area contributed by atoms with Crippen LogP contribution in [-0.4, -0.2) is 33.9 Å². The quantitative estimate of drug-likeness (QED) is 0.695. The molecule has 0 aliphatic carbocycles. The molecule has 0 saturated carbocycles. The Morgan fingerprint density at radius 1 is 1.39 bits per heavy atom. The number of aromatic nitrogens is 2. The molecule has 0 radical (unpaired) electrons. The fraction of sp³-hybridized carbons (Fsp3) is 0.250. The van der Waals surface area contributed by atoms with E-state index in [1.807, 2.05) is 41.9 Å². The maximum absolute atomic E-state index is 12.2. The van der Waals surface area contributed by atoms with Gasteiger partial charge in [0.25, 0.3) is 5.91 Å². The number of halogens is 1. The summed E-state index contributed by atoms with van der Waals surface area (Å²) in [6.45, 7) is 2.46. The van der Waals surface area contributed by atoms with Crippen LogP contribution in [0.4, 0.5) is 0 Å². The zero-order valence-corrected chi connectivity index (χ0v) is 14.1. The van der Waals surface area contributed by atoms with E-state index in [1.165, 1.54) is 11.3 Å². The Bertz CT molecular complexity index is 839. The average Bonchev–Trinajstić information content (AvgIpc) is 3.10. The molecule has 3 rings (SSSR count). The first-order valence-corrected chi connectivity index (χ1v) is 8.44. The van der Waals surface area contributed by atoms with Crippen molar-refractivity contribution in [2.24, 2.45) is 0 Å². The number of benzene rings is 1. The molecule has 7 heteroatoms. The number of aliphatic hydroxyl groups excluding tert-OH is 1. The van der Waals surface area contributed by atoms with E-state index in [2.05, 4.69) is 10.4 Å². The van der Waals surface area contributed by atoms with Crippen molar-refractivity contribution in [1.29, 1.82) is 0 Å². The highest BCUT2D eigenvalue weighted by Gasteiger charge is 2.16. The van der Waals surface area contributed by atoms with E-state index in [0.29, 0.717) is 22.9 Å². The van der Waals surface area contributed by atoms with Crippen molar-refractivity contribution < 1.29 is 9.90 Å². The summed E-state index contributed by atoms with van der Waals surface area (Å²) in [4.78, 5) is 13.7. The Morgan fingerprint density at radius 3 is 2.83 bits per heavy atom. The molecule has 0 bridgehead atoms. The van der Waals surface area contributed by atoms with Crippen LogP contribution in [0.25, 0.3) is 15.9 Å². The molecule has 0 atom stereocenters. The van der Waals surface area contributed by atoms with Gasteiger partial charge in [0.15, 0.2) is 0 Å². The fourth-order valence-corrected chi connectivity index (χ4v) is 3.51. The molecule has 0 saturated heterocycles. The summed E-state index contributed by atoms with van der Waals surface area (Å²) in [6.07, 6.45) is 0.550. The van der Waals surface area contributed by atoms with Crippen LogP contribution in [0.3, 0.4) is 0 Å². The van der Waals surface area contributed by atoms with Crippen molar-refractivity contribution in [3.63, 3.8) is 0 Å². The van der Waals surface area contributed by atoms with Crippen LogP contribution in [0, 0.1) is 6.92 Å². The number of amides is 1. The maximum atomic E-state index is 12.2. The lowest BCUT2D eigenvalue weighted by atomic mass is 10.3. The van der Waals surface area contributed by atoms with E-state index in [0.717, 1.165) is 21.6 Å². The van der Waals surface area contributed by atoms with Crippen molar-refractivity contribution >= 4 is 39.1 Å². The summed E-state index contributed by atoms with van der Waals surface area (Å²) >= 11 is 7.33. The van der Waals surface area contributed by atoms with E-state index in [9.17, 15) is 4.79 Å². The minimum atomic E-state index is -0.123. The predicted octanol–water partition coefficient (Wildman–Crippen LogP) is 3.16. The Morgan fingerprint density at radius 2 is 2.13 bits per heavy atom. The molecule has 2 N–H and O–H groups in total. The van der Waals surface area contributed by atoms with E-state index >= 15 is 0 Å². The highest BCUT2D eigenvalue weighted by atomic mass is 35.5. The number of thiophene rings is 1. The standard InChI is InChI=1S/C16H16ClN3O2S/c1-10-13-9-14(15(22)18-7-2-8-21)23-16(13)20(19-10)12-5-3-11(17)4-6-12/h3-6,9,21H,2,7-8H2,1H3,(H,18,22). The lowest BCUT2D eigenvalue weighted by Crippen LogP contribution is -2.24. The van der Waals surface area contributed by atoms with Crippen molar-refractivity contribution in [1.82, 2.24) is 15.1 Å². The van der Waals surface area contributed by atoms with Gasteiger partial charge in [0, 0.05) is 23.6 Å². The molecule has 1 amide bonds. The smallest absolute Gasteiger partial charge is 0.261 e. The molecule has 0 aliphatic rings. The molecule has 5 nitrogen and oxygen atoms in total. The fourth-order valence-electron chi connectivity index (χ4n) is 2.28. The van der Waals surface area contributed by atoms with Gasteiger partial charge in [-0.15, -0.1) is 11.3 Å². The highest BCUT2D eigenvalue weighted by Crippen LogP contribution is 2.30. The number of nitrogens with zero attached hydrogens (tertiary/aromatic N) is 2. The summed E-state index contributed by atoms with van der Waals surface area (Å²) in [5, 5.41) is 17.8. The van der Waals surface area contributed by atoms with Gasteiger partial charge in [-0.3, -0.25) is 4.79 Å². The second-order valence-corrected chi connectivity index (χ2v) is 6.60. The molecule has 2 heterocycles. The van der Waals surface area contributed by atoms with Crippen molar-refractivity contribution in [3.8, 4) is 5.69 Å². The molecular formula is C16H16ClN3O2S. The summed E-state index contributed by atoms with van der Waals surface area (Å²) in [7, 11) is 0. The lowest BCUT2D eigenvalue weighted by Gasteiger charge is -2.03. The third-order valence-corrected chi connectivity index (χ3v) is 4.82. The first-order valence-electron chi connectivity index (χ1n) is 7.24. The Labute approximate surface area is 142 Å². The van der Waals surface area contributed by atoms with Crippen LogP contribution in [-0.2, 0) is 0 Å². The van der Waals surface area contributed by atoms with E-state index in [-0.39, 0.29) is 12.5 Å². The minimum absolute atomic E-state index is 0.0668. The second kappa shape index (κ2) is 6.70. The SMILES string of the molecule is Cc1nn(-c2ccc(Cl)cc2)c2sc(C(=O)NCCCO)cc12. The zero-order chi connectivity index (χ0) is 16.4. The lowest BCUT2D eigenvalue weighted by molar-refractivity contribution is 0.0955. The molecule has 0 unspecified atom stereocenters. The van der Waals surface area contributed by atoms with Gasteiger partial charge in [0.1, 0.15) is 4.83 Å². The Balaban J connectivity index is 1.95. The van der Waals surface area contributed by atoms with Crippen LogP contribution in [0.1, 0.15) is 21.8 Å². The molecule has 120 valence electrons. The van der Waals surface area contributed by atoms with Crippen molar-refractivity contribution in [2.45, 2.75) is 13.3 Å². The van der Waals surface area contributed by atoms with Crippen molar-refractivity contribution in [2.75, 3.05) is 13.2 Å². The third-order valence-electron chi connectivity index (χ3n) is 3.46. The van der Waals surface area contributed by atoms with Crippen LogP contribution in [0.2, 0.25) is 5.02 Å². The number of rotatable bonds is 5. The number of aryl methyl sites for hydroxylation is 1. The third kappa shape index (κ3) is 3.24. The van der Waals surface area contributed by atoms with Gasteiger partial charge < -0.3 is 10.4 Å². The Kier molecular flexibility index (Phi) is 4.66. The summed E-state index contributed by atoms with van der Waals surface area (Å²) in [5.41, 5.74) is 1.78. The predicted molar refractivity (Wildman–Crippen MR) is 92.7 cm³/mol. The van der Waals surface area contributed by atoms with E-state index in [4.69, 9.17) is 16.7 Å². The van der Waals surface area contributed by atoms with Gasteiger partial charge in [-0.2, -0.15) is 5.10 Å². The molecule has 1 aromatic carbocycles. The van der Waals surface area contributed by atoms with Crippen molar-refractivity contribution in [3.05, 3.63) is 45.9 Å². The van der Waals surface area contributed by atoms with Crippen LogP contribution < -0.4 is 5.32 Å². The number of hydrogen-bond donors (Lipinski definition) is 2. The molecule has 3 aromatic rings. The number of carbonyl (C=O) groups is 1. The number of aliphatic hydroxyl groups is 1. The summed E-state index contributed by atoms with van der Waals surface area (Å²) < 4.78 is 1.83. The molecular weight excluding hydrogens is 334 g/mol. The van der Waals surface area contributed by atoms with Gasteiger partial charge in [0.05, 0.1) is 16.3 Å². The highest BCUT2D eigenvalue weighted by molar-refractivity contribution is 7.20. The monoisotopic (exact) mass is 349 g/mol. The molecule has 23 heavy (non-hydrogen) atoms. The Hall–Kier alpha value is -1.89. The zero-order valence-electron chi connectivity index (χ0n) is 12.5. The number of hydrogen-bond acceptors (Lipinski definition) is 4.